The van der Waals surface area contributed by atoms with Crippen LogP contribution in [0.3, 0.4) is 0 Å². The van der Waals surface area contributed by atoms with Crippen molar-refractivity contribution in [2.45, 2.75) is 20.8 Å². The van der Waals surface area contributed by atoms with Crippen LogP contribution in [0.2, 0.25) is 0 Å². The zero-order chi connectivity index (χ0) is 12.1. The summed E-state index contributed by atoms with van der Waals surface area (Å²) in [5, 5.41) is 11.3. The maximum Gasteiger partial charge on any atom is 0.181 e. The molecule has 1 aromatic carbocycles. The zero-order valence-corrected chi connectivity index (χ0v) is 9.66. The van der Waals surface area contributed by atoms with Crippen LogP contribution in [-0.4, -0.2) is 17.2 Å². The molecule has 0 spiro atoms. The van der Waals surface area contributed by atoms with Crippen LogP contribution >= 0.6 is 0 Å². The van der Waals surface area contributed by atoms with Crippen molar-refractivity contribution in [2.24, 2.45) is 5.10 Å². The van der Waals surface area contributed by atoms with Crippen LogP contribution in [0.1, 0.15) is 19.4 Å². The fourth-order valence-electron chi connectivity index (χ4n) is 1.18. The van der Waals surface area contributed by atoms with Crippen LogP contribution in [0.15, 0.2) is 29.4 Å². The van der Waals surface area contributed by atoms with Gasteiger partial charge in [0.15, 0.2) is 5.78 Å². The molecule has 0 aromatic heterocycles. The van der Waals surface area contributed by atoms with Crippen molar-refractivity contribution in [3.8, 4) is 0 Å². The van der Waals surface area contributed by atoms with Gasteiger partial charge in [0.05, 0.1) is 11.4 Å². The number of benzene rings is 1. The fourth-order valence-corrected chi connectivity index (χ4v) is 1.18. The maximum atomic E-state index is 11.1. The first kappa shape index (κ1) is 12.1. The van der Waals surface area contributed by atoms with E-state index in [9.17, 15) is 4.79 Å². The SMILES string of the molecule is CC(=N)/C(=N/Nc1ccc(C)cc1)C(C)=O. The second-order valence-corrected chi connectivity index (χ2v) is 3.62. The van der Waals surface area contributed by atoms with Gasteiger partial charge in [0.2, 0.25) is 0 Å². The molecule has 0 radical (unpaired) electrons. The van der Waals surface area contributed by atoms with E-state index < -0.39 is 0 Å². The molecule has 1 aromatic rings. The van der Waals surface area contributed by atoms with Crippen molar-refractivity contribution in [1.29, 1.82) is 5.41 Å². The number of hydrogen-bond donors (Lipinski definition) is 2. The molecule has 0 atom stereocenters. The molecule has 0 aliphatic carbocycles. The summed E-state index contributed by atoms with van der Waals surface area (Å²) >= 11 is 0. The van der Waals surface area contributed by atoms with Crippen LogP contribution in [0.4, 0.5) is 5.69 Å². The minimum absolute atomic E-state index is 0.153. The third-order valence-corrected chi connectivity index (χ3v) is 2.04. The highest BCUT2D eigenvalue weighted by Crippen LogP contribution is 2.08. The van der Waals surface area contributed by atoms with E-state index in [-0.39, 0.29) is 17.2 Å². The van der Waals surface area contributed by atoms with Gasteiger partial charge >= 0.3 is 0 Å². The Balaban J connectivity index is 2.81. The van der Waals surface area contributed by atoms with Gasteiger partial charge in [-0.15, -0.1) is 0 Å². The third-order valence-electron chi connectivity index (χ3n) is 2.04. The lowest BCUT2D eigenvalue weighted by atomic mass is 10.2. The number of hydrazone groups is 1. The Hall–Kier alpha value is -1.97. The third kappa shape index (κ3) is 3.31. The lowest BCUT2D eigenvalue weighted by molar-refractivity contribution is -0.110. The number of carbonyl (C=O) groups is 1. The number of carbonyl (C=O) groups excluding carboxylic acids is 1. The minimum atomic E-state index is -0.216. The molecule has 0 fully saturated rings. The Morgan fingerprint density at radius 2 is 1.81 bits per heavy atom. The Bertz CT molecular complexity index is 416. The van der Waals surface area contributed by atoms with Crippen LogP contribution in [0.25, 0.3) is 0 Å². The number of nitrogens with zero attached hydrogens (tertiary/aromatic N) is 1. The van der Waals surface area contributed by atoms with Gasteiger partial charge in [0.1, 0.15) is 5.71 Å². The summed E-state index contributed by atoms with van der Waals surface area (Å²) in [6, 6.07) is 7.64. The van der Waals surface area contributed by atoms with Crippen LogP contribution in [-0.2, 0) is 4.79 Å². The number of anilines is 1. The average Bonchev–Trinajstić information content (AvgIpc) is 2.20. The van der Waals surface area contributed by atoms with Gasteiger partial charge in [-0.05, 0) is 26.0 Å². The minimum Gasteiger partial charge on any atom is -0.303 e. The number of aryl methyl sites for hydroxylation is 1. The van der Waals surface area contributed by atoms with Crippen molar-refractivity contribution in [2.75, 3.05) is 5.43 Å². The van der Waals surface area contributed by atoms with Gasteiger partial charge in [-0.25, -0.2) is 0 Å². The molecule has 0 aliphatic rings. The largest absolute Gasteiger partial charge is 0.303 e. The van der Waals surface area contributed by atoms with Crippen molar-refractivity contribution < 1.29 is 4.79 Å². The summed E-state index contributed by atoms with van der Waals surface area (Å²) in [6.45, 7) is 4.93. The van der Waals surface area contributed by atoms with Crippen LogP contribution in [0.5, 0.6) is 0 Å². The maximum absolute atomic E-state index is 11.1. The summed E-state index contributed by atoms with van der Waals surface area (Å²) in [6.07, 6.45) is 0. The molecule has 0 aliphatic heterocycles. The molecule has 4 heteroatoms. The highest BCUT2D eigenvalue weighted by atomic mass is 16.1. The standard InChI is InChI=1S/C12H15N3O/c1-8-4-6-11(7-5-8)14-15-12(9(2)13)10(3)16/h4-7,13-14H,1-3H3/b13-9?,15-12-. The van der Waals surface area contributed by atoms with Gasteiger partial charge in [-0.3, -0.25) is 10.2 Å². The Kier molecular flexibility index (Phi) is 3.94. The molecule has 0 saturated heterocycles. The van der Waals surface area contributed by atoms with E-state index in [0.717, 1.165) is 11.3 Å². The van der Waals surface area contributed by atoms with E-state index in [1.807, 2.05) is 31.2 Å². The van der Waals surface area contributed by atoms with E-state index in [2.05, 4.69) is 10.5 Å². The van der Waals surface area contributed by atoms with Crippen molar-refractivity contribution >= 4 is 22.9 Å². The van der Waals surface area contributed by atoms with E-state index in [0.29, 0.717) is 0 Å². The van der Waals surface area contributed by atoms with E-state index in [4.69, 9.17) is 5.41 Å². The Morgan fingerprint density at radius 3 is 2.25 bits per heavy atom. The monoisotopic (exact) mass is 217 g/mol. The molecule has 16 heavy (non-hydrogen) atoms. The number of nitrogens with one attached hydrogen (secondary N) is 2. The van der Waals surface area contributed by atoms with Crippen LogP contribution < -0.4 is 5.43 Å². The first-order valence-electron chi connectivity index (χ1n) is 4.97. The molecular formula is C12H15N3O. The summed E-state index contributed by atoms with van der Waals surface area (Å²) in [5.41, 5.74) is 5.03. The first-order valence-corrected chi connectivity index (χ1v) is 4.97. The highest BCUT2D eigenvalue weighted by molar-refractivity contribution is 6.66. The molecule has 0 heterocycles. The summed E-state index contributed by atoms with van der Waals surface area (Å²) in [5.74, 6) is -0.216. The van der Waals surface area contributed by atoms with Crippen LogP contribution in [0, 0.1) is 12.3 Å². The zero-order valence-electron chi connectivity index (χ0n) is 9.66. The normalized spacial score (nSPS) is 11.1. The average molecular weight is 217 g/mol. The molecule has 1 rings (SSSR count). The van der Waals surface area contributed by atoms with E-state index >= 15 is 0 Å². The van der Waals surface area contributed by atoms with Crippen molar-refractivity contribution in [3.05, 3.63) is 29.8 Å². The molecule has 0 unspecified atom stereocenters. The molecule has 0 amide bonds. The van der Waals surface area contributed by atoms with E-state index in [1.54, 1.807) is 0 Å². The Morgan fingerprint density at radius 1 is 1.25 bits per heavy atom. The number of rotatable bonds is 4. The lowest BCUT2D eigenvalue weighted by Gasteiger charge is -2.03. The molecule has 4 nitrogen and oxygen atoms in total. The topological polar surface area (TPSA) is 65.3 Å². The van der Waals surface area contributed by atoms with Gasteiger partial charge in [-0.1, -0.05) is 17.7 Å². The lowest BCUT2D eigenvalue weighted by Crippen LogP contribution is -2.19. The molecule has 84 valence electrons. The van der Waals surface area contributed by atoms with Crippen molar-refractivity contribution in [1.82, 2.24) is 0 Å². The fraction of sp³-hybridized carbons (Fsp3) is 0.250. The predicted octanol–water partition coefficient (Wildman–Crippen LogP) is 2.39. The predicted molar refractivity (Wildman–Crippen MR) is 66.3 cm³/mol. The molecule has 2 N–H and O–H groups in total. The van der Waals surface area contributed by atoms with Gasteiger partial charge in [0.25, 0.3) is 0 Å². The first-order chi connectivity index (χ1) is 7.50. The Labute approximate surface area is 94.9 Å². The molecular weight excluding hydrogens is 202 g/mol. The number of hydrogen-bond acceptors (Lipinski definition) is 4. The van der Waals surface area contributed by atoms with E-state index in [1.165, 1.54) is 13.8 Å². The second kappa shape index (κ2) is 5.21. The number of Topliss-reactive ketones (excluding diaryl/α,β-unsaturated/α-hetero) is 1. The quantitative estimate of drug-likeness (QED) is 0.600. The number of ketones is 1. The van der Waals surface area contributed by atoms with Gasteiger partial charge in [0, 0.05) is 6.92 Å². The highest BCUT2D eigenvalue weighted by Gasteiger charge is 2.07. The van der Waals surface area contributed by atoms with Gasteiger partial charge in [-0.2, -0.15) is 5.10 Å². The molecule has 0 saturated carbocycles. The van der Waals surface area contributed by atoms with Crippen molar-refractivity contribution in [3.63, 3.8) is 0 Å². The summed E-state index contributed by atoms with van der Waals surface area (Å²) in [4.78, 5) is 11.1. The molecule has 0 bridgehead atoms. The second-order valence-electron chi connectivity index (χ2n) is 3.62. The smallest absolute Gasteiger partial charge is 0.181 e. The summed E-state index contributed by atoms with van der Waals surface area (Å²) < 4.78 is 0. The van der Waals surface area contributed by atoms with Gasteiger partial charge < -0.3 is 5.41 Å². The summed E-state index contributed by atoms with van der Waals surface area (Å²) in [7, 11) is 0.